The van der Waals surface area contributed by atoms with Crippen molar-refractivity contribution in [2.24, 2.45) is 5.41 Å². The van der Waals surface area contributed by atoms with E-state index in [2.05, 4.69) is 17.6 Å². The van der Waals surface area contributed by atoms with Crippen molar-refractivity contribution in [1.82, 2.24) is 10.6 Å². The Morgan fingerprint density at radius 3 is 2.28 bits per heavy atom. The monoisotopic (exact) mass is 258 g/mol. The van der Waals surface area contributed by atoms with Gasteiger partial charge >= 0.3 is 12.0 Å². The van der Waals surface area contributed by atoms with Gasteiger partial charge in [0.1, 0.15) is 0 Å². The Balaban J connectivity index is 3.68. The summed E-state index contributed by atoms with van der Waals surface area (Å²) in [4.78, 5) is 21.8. The topological polar surface area (TPSA) is 78.4 Å². The van der Waals surface area contributed by atoms with Crippen LogP contribution in [0, 0.1) is 5.41 Å². The highest BCUT2D eigenvalue weighted by Gasteiger charge is 2.19. The lowest BCUT2D eigenvalue weighted by atomic mass is 9.84. The quantitative estimate of drug-likeness (QED) is 0.555. The normalized spacial score (nSPS) is 11.1. The summed E-state index contributed by atoms with van der Waals surface area (Å²) in [6.07, 6.45) is 3.62. The van der Waals surface area contributed by atoms with Gasteiger partial charge < -0.3 is 15.7 Å². The molecule has 0 aromatic carbocycles. The molecule has 0 fully saturated rings. The van der Waals surface area contributed by atoms with Crippen LogP contribution in [0.2, 0.25) is 0 Å². The standard InChI is InChI=1S/C13H26N2O3/c1-4-5-9-14-12(18)15-10-8-13(2,3)7-6-11(16)17/h4-10H2,1-3H3,(H,16,17)(H2,14,15,18). The van der Waals surface area contributed by atoms with E-state index >= 15 is 0 Å². The number of carboxylic acids is 1. The lowest BCUT2D eigenvalue weighted by molar-refractivity contribution is -0.137. The van der Waals surface area contributed by atoms with Crippen LogP contribution in [0.4, 0.5) is 4.79 Å². The summed E-state index contributed by atoms with van der Waals surface area (Å²) in [7, 11) is 0. The maximum Gasteiger partial charge on any atom is 0.314 e. The number of unbranched alkanes of at least 4 members (excludes halogenated alkanes) is 1. The molecule has 0 saturated carbocycles. The zero-order valence-corrected chi connectivity index (χ0v) is 11.7. The molecule has 5 heteroatoms. The third-order valence-electron chi connectivity index (χ3n) is 2.92. The van der Waals surface area contributed by atoms with Gasteiger partial charge in [-0.25, -0.2) is 4.79 Å². The van der Waals surface area contributed by atoms with Gasteiger partial charge in [0.05, 0.1) is 0 Å². The fourth-order valence-corrected chi connectivity index (χ4v) is 1.53. The number of carbonyl (C=O) groups excluding carboxylic acids is 1. The molecule has 0 bridgehead atoms. The smallest absolute Gasteiger partial charge is 0.314 e. The minimum atomic E-state index is -0.770. The first kappa shape index (κ1) is 16.7. The Kier molecular flexibility index (Phi) is 8.16. The van der Waals surface area contributed by atoms with Crippen molar-refractivity contribution in [1.29, 1.82) is 0 Å². The maximum absolute atomic E-state index is 11.4. The van der Waals surface area contributed by atoms with Crippen molar-refractivity contribution in [2.45, 2.75) is 52.9 Å². The summed E-state index contributed by atoms with van der Waals surface area (Å²) in [6, 6.07) is -0.141. The van der Waals surface area contributed by atoms with Gasteiger partial charge in [0.2, 0.25) is 0 Å². The van der Waals surface area contributed by atoms with Crippen LogP contribution in [-0.4, -0.2) is 30.2 Å². The van der Waals surface area contributed by atoms with Crippen LogP contribution < -0.4 is 10.6 Å². The molecule has 0 atom stereocenters. The second-order valence-electron chi connectivity index (χ2n) is 5.34. The number of amides is 2. The third kappa shape index (κ3) is 9.93. The van der Waals surface area contributed by atoms with Crippen LogP contribution in [0.3, 0.4) is 0 Å². The molecule has 0 aliphatic heterocycles. The molecule has 18 heavy (non-hydrogen) atoms. The van der Waals surface area contributed by atoms with Crippen molar-refractivity contribution in [3.63, 3.8) is 0 Å². The zero-order valence-electron chi connectivity index (χ0n) is 11.7. The Morgan fingerprint density at radius 1 is 1.11 bits per heavy atom. The molecule has 0 spiro atoms. The number of hydrogen-bond donors (Lipinski definition) is 3. The Morgan fingerprint density at radius 2 is 1.72 bits per heavy atom. The van der Waals surface area contributed by atoms with Crippen molar-refractivity contribution < 1.29 is 14.7 Å². The van der Waals surface area contributed by atoms with Gasteiger partial charge in [0.25, 0.3) is 0 Å². The predicted molar refractivity (Wildman–Crippen MR) is 71.6 cm³/mol. The van der Waals surface area contributed by atoms with E-state index < -0.39 is 5.97 Å². The minimum Gasteiger partial charge on any atom is -0.481 e. The van der Waals surface area contributed by atoms with Gasteiger partial charge in [-0.2, -0.15) is 0 Å². The average molecular weight is 258 g/mol. The van der Waals surface area contributed by atoms with Crippen LogP contribution in [0.15, 0.2) is 0 Å². The van der Waals surface area contributed by atoms with E-state index in [9.17, 15) is 9.59 Å². The van der Waals surface area contributed by atoms with E-state index in [-0.39, 0.29) is 17.9 Å². The summed E-state index contributed by atoms with van der Waals surface area (Å²) in [5.41, 5.74) is -0.0604. The molecule has 2 amide bonds. The highest BCUT2D eigenvalue weighted by atomic mass is 16.4. The molecular weight excluding hydrogens is 232 g/mol. The largest absolute Gasteiger partial charge is 0.481 e. The molecule has 0 rings (SSSR count). The number of aliphatic carboxylic acids is 1. The number of hydrogen-bond acceptors (Lipinski definition) is 2. The first-order chi connectivity index (χ1) is 8.37. The number of carboxylic acid groups (broad SMARTS) is 1. The second-order valence-corrected chi connectivity index (χ2v) is 5.34. The lowest BCUT2D eigenvalue weighted by Crippen LogP contribution is -2.37. The fourth-order valence-electron chi connectivity index (χ4n) is 1.53. The average Bonchev–Trinajstić information content (AvgIpc) is 2.27. The van der Waals surface area contributed by atoms with Gasteiger partial charge in [0, 0.05) is 19.5 Å². The van der Waals surface area contributed by atoms with E-state index in [1.807, 2.05) is 13.8 Å². The van der Waals surface area contributed by atoms with E-state index in [1.165, 1.54) is 0 Å². The molecule has 0 aromatic heterocycles. The van der Waals surface area contributed by atoms with E-state index in [1.54, 1.807) is 0 Å². The highest BCUT2D eigenvalue weighted by Crippen LogP contribution is 2.25. The van der Waals surface area contributed by atoms with Gasteiger partial charge in [-0.05, 0) is 24.7 Å². The molecule has 0 saturated heterocycles. The first-order valence-electron chi connectivity index (χ1n) is 6.61. The molecule has 0 unspecified atom stereocenters. The minimum absolute atomic E-state index is 0.0604. The third-order valence-corrected chi connectivity index (χ3v) is 2.92. The molecule has 3 N–H and O–H groups in total. The Labute approximate surface area is 109 Å². The van der Waals surface area contributed by atoms with Crippen LogP contribution in [0.25, 0.3) is 0 Å². The summed E-state index contributed by atoms with van der Waals surface area (Å²) in [6.45, 7) is 7.39. The van der Waals surface area contributed by atoms with Gasteiger partial charge in [0.15, 0.2) is 0 Å². The molecule has 106 valence electrons. The van der Waals surface area contributed by atoms with Crippen molar-refractivity contribution in [3.8, 4) is 0 Å². The Bertz CT molecular complexity index is 265. The lowest BCUT2D eigenvalue weighted by Gasteiger charge is -2.23. The number of urea groups is 1. The van der Waals surface area contributed by atoms with Crippen LogP contribution in [-0.2, 0) is 4.79 Å². The van der Waals surface area contributed by atoms with Crippen molar-refractivity contribution >= 4 is 12.0 Å². The summed E-state index contributed by atoms with van der Waals surface area (Å²) < 4.78 is 0. The second kappa shape index (κ2) is 8.78. The SMILES string of the molecule is CCCCNC(=O)NCCC(C)(C)CCC(=O)O. The maximum atomic E-state index is 11.4. The van der Waals surface area contributed by atoms with Crippen LogP contribution >= 0.6 is 0 Å². The predicted octanol–water partition coefficient (Wildman–Crippen LogP) is 2.37. The van der Waals surface area contributed by atoms with Gasteiger partial charge in [-0.1, -0.05) is 27.2 Å². The van der Waals surface area contributed by atoms with Gasteiger partial charge in [-0.3, -0.25) is 4.79 Å². The summed E-state index contributed by atoms with van der Waals surface area (Å²) in [5, 5.41) is 14.2. The number of rotatable bonds is 9. The molecule has 0 aliphatic carbocycles. The number of carbonyl (C=O) groups is 2. The molecule has 0 aliphatic rings. The zero-order chi connectivity index (χ0) is 14.0. The Hall–Kier alpha value is -1.26. The molecule has 5 nitrogen and oxygen atoms in total. The van der Waals surface area contributed by atoms with E-state index in [0.717, 1.165) is 19.3 Å². The van der Waals surface area contributed by atoms with Crippen LogP contribution in [0.1, 0.15) is 52.9 Å². The van der Waals surface area contributed by atoms with E-state index in [0.29, 0.717) is 19.5 Å². The molecule has 0 heterocycles. The van der Waals surface area contributed by atoms with Crippen molar-refractivity contribution in [3.05, 3.63) is 0 Å². The fraction of sp³-hybridized carbons (Fsp3) is 0.846. The summed E-state index contributed by atoms with van der Waals surface area (Å²) in [5.74, 6) is -0.770. The summed E-state index contributed by atoms with van der Waals surface area (Å²) >= 11 is 0. The number of nitrogens with one attached hydrogen (secondary N) is 2. The molecular formula is C13H26N2O3. The van der Waals surface area contributed by atoms with Crippen LogP contribution in [0.5, 0.6) is 0 Å². The van der Waals surface area contributed by atoms with Gasteiger partial charge in [-0.15, -0.1) is 0 Å². The molecule has 0 aromatic rings. The van der Waals surface area contributed by atoms with Crippen molar-refractivity contribution in [2.75, 3.05) is 13.1 Å². The molecule has 0 radical (unpaired) electrons. The first-order valence-corrected chi connectivity index (χ1v) is 6.61. The highest BCUT2D eigenvalue weighted by molar-refractivity contribution is 5.73. The van der Waals surface area contributed by atoms with E-state index in [4.69, 9.17) is 5.11 Å².